The molecule has 0 bridgehead atoms. The molecule has 2 N–H and O–H groups in total. The van der Waals surface area contributed by atoms with E-state index in [0.29, 0.717) is 17.5 Å². The van der Waals surface area contributed by atoms with Crippen LogP contribution in [0.5, 0.6) is 5.75 Å². The van der Waals surface area contributed by atoms with Crippen molar-refractivity contribution in [3.05, 3.63) is 54.7 Å². The summed E-state index contributed by atoms with van der Waals surface area (Å²) in [5.74, 6) is 1.62. The molecule has 1 fully saturated rings. The Morgan fingerprint density at radius 3 is 3.03 bits per heavy atom. The normalized spacial score (nSPS) is 15.7. The third kappa shape index (κ3) is 4.60. The van der Waals surface area contributed by atoms with Gasteiger partial charge in [-0.3, -0.25) is 9.36 Å². The predicted molar refractivity (Wildman–Crippen MR) is 128 cm³/mol. The van der Waals surface area contributed by atoms with Gasteiger partial charge in [-0.2, -0.15) is 0 Å². The van der Waals surface area contributed by atoms with Crippen LogP contribution in [0.4, 0.5) is 0 Å². The van der Waals surface area contributed by atoms with Gasteiger partial charge in [0.2, 0.25) is 5.91 Å². The largest absolute Gasteiger partial charge is 0.497 e. The van der Waals surface area contributed by atoms with Gasteiger partial charge in [-0.05, 0) is 31.0 Å². The van der Waals surface area contributed by atoms with Gasteiger partial charge in [0.1, 0.15) is 5.75 Å². The summed E-state index contributed by atoms with van der Waals surface area (Å²) in [6.45, 7) is 1.32. The van der Waals surface area contributed by atoms with Crippen molar-refractivity contribution in [3.8, 4) is 22.8 Å². The average molecular weight is 464 g/mol. The van der Waals surface area contributed by atoms with E-state index in [-0.39, 0.29) is 17.8 Å². The Morgan fingerprint density at radius 1 is 1.27 bits per heavy atom. The molecule has 33 heavy (non-hydrogen) atoms. The lowest BCUT2D eigenvalue weighted by Gasteiger charge is -2.12. The van der Waals surface area contributed by atoms with E-state index in [1.807, 2.05) is 53.2 Å². The molecule has 0 radical (unpaired) electrons. The SMILES string of the molecule is COc1cccc(-n2c(SCC(=O)NCC3CCCO3)nnc2-c2c[nH]c3ccccc23)c1. The molecule has 9 heteroatoms. The van der Waals surface area contributed by atoms with Crippen LogP contribution in [0.3, 0.4) is 0 Å². The van der Waals surface area contributed by atoms with Crippen LogP contribution in [0.15, 0.2) is 59.9 Å². The summed E-state index contributed by atoms with van der Waals surface area (Å²) in [5.41, 5.74) is 2.83. The highest BCUT2D eigenvalue weighted by Gasteiger charge is 2.21. The summed E-state index contributed by atoms with van der Waals surface area (Å²) >= 11 is 1.35. The summed E-state index contributed by atoms with van der Waals surface area (Å²) in [6, 6.07) is 15.8. The maximum atomic E-state index is 12.5. The quantitative estimate of drug-likeness (QED) is 0.386. The number of H-pyrrole nitrogens is 1. The first-order chi connectivity index (χ1) is 16.2. The number of hydrogen-bond acceptors (Lipinski definition) is 6. The average Bonchev–Trinajstić information content (AvgIpc) is 3.61. The molecule has 5 rings (SSSR count). The minimum Gasteiger partial charge on any atom is -0.497 e. The maximum absolute atomic E-state index is 12.5. The molecule has 1 saturated heterocycles. The predicted octanol–water partition coefficient (Wildman–Crippen LogP) is 3.81. The smallest absolute Gasteiger partial charge is 0.230 e. The fraction of sp³-hybridized carbons (Fsp3) is 0.292. The Hall–Kier alpha value is -3.30. The topological polar surface area (TPSA) is 94.1 Å². The monoisotopic (exact) mass is 463 g/mol. The lowest BCUT2D eigenvalue weighted by atomic mass is 10.1. The van der Waals surface area contributed by atoms with Crippen LogP contribution in [0.25, 0.3) is 28.0 Å². The third-order valence-corrected chi connectivity index (χ3v) is 6.59. The lowest BCUT2D eigenvalue weighted by Crippen LogP contribution is -2.32. The number of ether oxygens (including phenoxy) is 2. The Kier molecular flexibility index (Phi) is 6.32. The molecule has 0 aliphatic carbocycles. The van der Waals surface area contributed by atoms with Crippen LogP contribution in [0, 0.1) is 0 Å². The minimum absolute atomic E-state index is 0.0515. The number of rotatable bonds is 8. The zero-order valence-corrected chi connectivity index (χ0v) is 19.1. The number of carbonyl (C=O) groups excluding carboxylic acids is 1. The van der Waals surface area contributed by atoms with Crippen molar-refractivity contribution in [2.45, 2.75) is 24.1 Å². The van der Waals surface area contributed by atoms with Gasteiger partial charge in [-0.1, -0.05) is 36.0 Å². The molecule has 1 aliphatic heterocycles. The zero-order chi connectivity index (χ0) is 22.6. The number of methoxy groups -OCH3 is 1. The fourth-order valence-corrected chi connectivity index (χ4v) is 4.77. The van der Waals surface area contributed by atoms with Crippen molar-refractivity contribution >= 4 is 28.6 Å². The molecule has 170 valence electrons. The Morgan fingerprint density at radius 2 is 2.18 bits per heavy atom. The molecule has 4 aromatic rings. The maximum Gasteiger partial charge on any atom is 0.230 e. The molecule has 1 atom stereocenters. The number of nitrogens with zero attached hydrogens (tertiary/aromatic N) is 3. The van der Waals surface area contributed by atoms with Gasteiger partial charge in [0, 0.05) is 41.9 Å². The second kappa shape index (κ2) is 9.68. The third-order valence-electron chi connectivity index (χ3n) is 5.66. The van der Waals surface area contributed by atoms with E-state index in [1.54, 1.807) is 7.11 Å². The fourth-order valence-electron chi connectivity index (χ4n) is 3.99. The van der Waals surface area contributed by atoms with Gasteiger partial charge in [0.25, 0.3) is 0 Å². The van der Waals surface area contributed by atoms with Crippen LogP contribution in [-0.2, 0) is 9.53 Å². The lowest BCUT2D eigenvalue weighted by molar-refractivity contribution is -0.119. The highest BCUT2D eigenvalue weighted by molar-refractivity contribution is 7.99. The van der Waals surface area contributed by atoms with Crippen molar-refractivity contribution in [2.24, 2.45) is 0 Å². The van der Waals surface area contributed by atoms with Gasteiger partial charge in [-0.25, -0.2) is 0 Å². The number of hydrogen-bond donors (Lipinski definition) is 2. The second-order valence-corrected chi connectivity index (χ2v) is 8.76. The molecule has 3 heterocycles. The number of thioether (sulfide) groups is 1. The number of carbonyl (C=O) groups is 1. The molecular weight excluding hydrogens is 438 g/mol. The van der Waals surface area contributed by atoms with Crippen LogP contribution >= 0.6 is 11.8 Å². The van der Waals surface area contributed by atoms with Crippen molar-refractivity contribution < 1.29 is 14.3 Å². The van der Waals surface area contributed by atoms with Crippen molar-refractivity contribution in [2.75, 3.05) is 26.0 Å². The van der Waals surface area contributed by atoms with Crippen LogP contribution in [0.2, 0.25) is 0 Å². The van der Waals surface area contributed by atoms with E-state index in [0.717, 1.165) is 47.4 Å². The minimum atomic E-state index is -0.0515. The standard InChI is InChI=1S/C24H25N5O3S/c1-31-17-7-4-6-16(12-17)29-23(20-14-25-21-10-3-2-9-19(20)21)27-28-24(29)33-15-22(30)26-13-18-8-5-11-32-18/h2-4,6-7,9-10,12,14,18,25H,5,8,11,13,15H2,1H3,(H,26,30). The van der Waals surface area contributed by atoms with Gasteiger partial charge in [0.15, 0.2) is 11.0 Å². The van der Waals surface area contributed by atoms with Gasteiger partial charge < -0.3 is 19.8 Å². The number of fused-ring (bicyclic) bond motifs is 1. The molecular formula is C24H25N5O3S. The molecule has 1 unspecified atom stereocenters. The molecule has 2 aromatic carbocycles. The number of benzene rings is 2. The first-order valence-corrected chi connectivity index (χ1v) is 11.9. The highest BCUT2D eigenvalue weighted by Crippen LogP contribution is 2.33. The van der Waals surface area contributed by atoms with Gasteiger partial charge >= 0.3 is 0 Å². The summed E-state index contributed by atoms with van der Waals surface area (Å²) < 4.78 is 13.0. The van der Waals surface area contributed by atoms with Gasteiger partial charge in [-0.15, -0.1) is 10.2 Å². The molecule has 1 aliphatic rings. The summed E-state index contributed by atoms with van der Waals surface area (Å²) in [7, 11) is 1.64. The van der Waals surface area contributed by atoms with Crippen molar-refractivity contribution in [1.82, 2.24) is 25.1 Å². The number of aromatic amines is 1. The number of aromatic nitrogens is 4. The summed E-state index contributed by atoms with van der Waals surface area (Å²) in [4.78, 5) is 15.8. The van der Waals surface area contributed by atoms with Crippen molar-refractivity contribution in [1.29, 1.82) is 0 Å². The van der Waals surface area contributed by atoms with E-state index in [2.05, 4.69) is 26.6 Å². The molecule has 0 spiro atoms. The second-order valence-electron chi connectivity index (χ2n) is 7.82. The van der Waals surface area contributed by atoms with E-state index in [1.165, 1.54) is 11.8 Å². The molecule has 8 nitrogen and oxygen atoms in total. The number of para-hydroxylation sites is 1. The van der Waals surface area contributed by atoms with E-state index in [9.17, 15) is 4.79 Å². The Balaban J connectivity index is 1.44. The molecule has 0 saturated carbocycles. The Bertz CT molecular complexity index is 1260. The van der Waals surface area contributed by atoms with Crippen molar-refractivity contribution in [3.63, 3.8) is 0 Å². The van der Waals surface area contributed by atoms with E-state index in [4.69, 9.17) is 9.47 Å². The van der Waals surface area contributed by atoms with E-state index < -0.39 is 0 Å². The number of amides is 1. The van der Waals surface area contributed by atoms with E-state index >= 15 is 0 Å². The Labute approximate surface area is 195 Å². The van der Waals surface area contributed by atoms with Crippen LogP contribution in [0.1, 0.15) is 12.8 Å². The number of nitrogens with one attached hydrogen (secondary N) is 2. The first-order valence-electron chi connectivity index (χ1n) is 10.9. The highest BCUT2D eigenvalue weighted by atomic mass is 32.2. The first kappa shape index (κ1) is 21.5. The zero-order valence-electron chi connectivity index (χ0n) is 18.3. The molecule has 2 aromatic heterocycles. The summed E-state index contributed by atoms with van der Waals surface area (Å²) in [6.07, 6.45) is 4.10. The van der Waals surface area contributed by atoms with Gasteiger partial charge in [0.05, 0.1) is 24.7 Å². The van der Waals surface area contributed by atoms with Crippen LogP contribution < -0.4 is 10.1 Å². The van der Waals surface area contributed by atoms with Crippen LogP contribution in [-0.4, -0.2) is 57.8 Å². The summed E-state index contributed by atoms with van der Waals surface area (Å²) in [5, 5.41) is 13.6. The molecule has 1 amide bonds.